The second-order valence-corrected chi connectivity index (χ2v) is 8.61. The molecule has 5 rings (SSSR count). The number of hydrogen-bond donors (Lipinski definition) is 1. The number of anilines is 1. The fourth-order valence-electron chi connectivity index (χ4n) is 4.59. The first-order chi connectivity index (χ1) is 16.9. The molecule has 0 spiro atoms. The summed E-state index contributed by atoms with van der Waals surface area (Å²) in [7, 11) is 3.14. The van der Waals surface area contributed by atoms with Gasteiger partial charge in [0.2, 0.25) is 0 Å². The molecule has 10 heteroatoms. The Morgan fingerprint density at radius 1 is 1.26 bits per heavy atom. The van der Waals surface area contributed by atoms with Crippen molar-refractivity contribution in [2.75, 3.05) is 25.1 Å². The summed E-state index contributed by atoms with van der Waals surface area (Å²) in [4.78, 5) is 23.8. The van der Waals surface area contributed by atoms with E-state index in [1.54, 1.807) is 24.0 Å². The van der Waals surface area contributed by atoms with Crippen molar-refractivity contribution in [3.8, 4) is 17.1 Å². The third-order valence-electron chi connectivity index (χ3n) is 6.17. The summed E-state index contributed by atoms with van der Waals surface area (Å²) in [6.45, 7) is 1.30. The smallest absolute Gasteiger partial charge is 0.185 e. The lowest BCUT2D eigenvalue weighted by Gasteiger charge is -2.23. The van der Waals surface area contributed by atoms with Crippen LogP contribution in [0.1, 0.15) is 22.5 Å². The van der Waals surface area contributed by atoms with Crippen molar-refractivity contribution < 1.29 is 18.3 Å². The molecule has 0 saturated carbocycles. The number of methoxy groups -OCH3 is 1. The van der Waals surface area contributed by atoms with Gasteiger partial charge in [-0.1, -0.05) is 6.07 Å². The van der Waals surface area contributed by atoms with Crippen LogP contribution in [-0.4, -0.2) is 51.8 Å². The number of hydrogen-bond acceptors (Lipinski definition) is 7. The van der Waals surface area contributed by atoms with Crippen LogP contribution in [0.25, 0.3) is 22.3 Å². The average Bonchev–Trinajstić information content (AvgIpc) is 3.44. The Bertz CT molecular complexity index is 1440. The predicted octanol–water partition coefficient (Wildman–Crippen LogP) is 3.28. The van der Waals surface area contributed by atoms with Crippen LogP contribution in [0.5, 0.6) is 5.75 Å². The number of nitrogens with two attached hydrogens (primary N) is 1. The van der Waals surface area contributed by atoms with Crippen LogP contribution in [0.15, 0.2) is 42.7 Å². The molecule has 1 saturated heterocycles. The van der Waals surface area contributed by atoms with Gasteiger partial charge in [-0.05, 0) is 36.2 Å². The average molecular weight is 479 g/mol. The van der Waals surface area contributed by atoms with Crippen LogP contribution >= 0.6 is 0 Å². The molecular weight excluding hydrogens is 454 g/mol. The highest BCUT2D eigenvalue weighted by Crippen LogP contribution is 2.35. The fraction of sp³-hybridized carbons (Fsp3) is 0.280. The third kappa shape index (κ3) is 4.21. The lowest BCUT2D eigenvalue weighted by atomic mass is 10.0. The minimum absolute atomic E-state index is 0.00417. The van der Waals surface area contributed by atoms with Gasteiger partial charge in [0.25, 0.3) is 0 Å². The standard InChI is InChI=1S/C25H24F2N6O2/c1-32-13-16-23(31-32)18(27)10-14(24(16)33-9-7-15(28)12-33)11-20(34)19-6-8-29-25(30-19)22-17(26)4-3-5-21(22)35-2/h3-6,8,10,13,15H,7,9,11-12,28H2,1-2H3/t15-/m1/s1. The first-order valence-electron chi connectivity index (χ1n) is 11.2. The molecule has 1 fully saturated rings. The van der Waals surface area contributed by atoms with Crippen molar-refractivity contribution >= 4 is 22.4 Å². The Morgan fingerprint density at radius 2 is 2.09 bits per heavy atom. The van der Waals surface area contributed by atoms with Gasteiger partial charge in [0.05, 0.1) is 18.4 Å². The zero-order chi connectivity index (χ0) is 24.7. The van der Waals surface area contributed by atoms with Gasteiger partial charge < -0.3 is 15.4 Å². The van der Waals surface area contributed by atoms with Crippen molar-refractivity contribution in [1.82, 2.24) is 19.7 Å². The molecule has 35 heavy (non-hydrogen) atoms. The first-order valence-corrected chi connectivity index (χ1v) is 11.2. The highest BCUT2D eigenvalue weighted by atomic mass is 19.1. The van der Waals surface area contributed by atoms with Crippen LogP contribution in [-0.2, 0) is 13.5 Å². The number of carbonyl (C=O) groups excluding carboxylic acids is 1. The lowest BCUT2D eigenvalue weighted by molar-refractivity contribution is 0.0988. The number of benzene rings is 2. The topological polar surface area (TPSA) is 99.2 Å². The highest BCUT2D eigenvalue weighted by molar-refractivity contribution is 6.00. The van der Waals surface area contributed by atoms with Crippen LogP contribution in [0.3, 0.4) is 0 Å². The monoisotopic (exact) mass is 478 g/mol. The molecule has 4 aromatic rings. The molecule has 2 N–H and O–H groups in total. The summed E-state index contributed by atoms with van der Waals surface area (Å²) in [5, 5.41) is 4.87. The Kier molecular flexibility index (Phi) is 5.89. The van der Waals surface area contributed by atoms with Crippen molar-refractivity contribution in [2.45, 2.75) is 18.9 Å². The van der Waals surface area contributed by atoms with Crippen molar-refractivity contribution in [3.63, 3.8) is 0 Å². The van der Waals surface area contributed by atoms with E-state index < -0.39 is 11.6 Å². The number of Topliss-reactive ketones (excluding diaryl/α,β-unsaturated/α-hetero) is 1. The Labute approximate surface area is 200 Å². The summed E-state index contributed by atoms with van der Waals surface area (Å²) < 4.78 is 36.3. The van der Waals surface area contributed by atoms with Gasteiger partial charge in [-0.3, -0.25) is 9.48 Å². The molecular formula is C25H24F2N6O2. The van der Waals surface area contributed by atoms with Gasteiger partial charge >= 0.3 is 0 Å². The fourth-order valence-corrected chi connectivity index (χ4v) is 4.59. The van der Waals surface area contributed by atoms with E-state index in [2.05, 4.69) is 20.0 Å². The largest absolute Gasteiger partial charge is 0.496 e. The van der Waals surface area contributed by atoms with Gasteiger partial charge in [-0.25, -0.2) is 18.7 Å². The van der Waals surface area contributed by atoms with E-state index in [0.29, 0.717) is 24.0 Å². The number of carbonyl (C=O) groups is 1. The Morgan fingerprint density at radius 3 is 2.83 bits per heavy atom. The molecule has 0 amide bonds. The number of ketones is 1. The molecule has 180 valence electrons. The van der Waals surface area contributed by atoms with E-state index >= 15 is 0 Å². The minimum atomic E-state index is -0.564. The molecule has 1 atom stereocenters. The molecule has 8 nitrogen and oxygen atoms in total. The number of aromatic nitrogens is 4. The number of nitrogens with zero attached hydrogens (tertiary/aromatic N) is 5. The Balaban J connectivity index is 1.54. The number of fused-ring (bicyclic) bond motifs is 1. The lowest BCUT2D eigenvalue weighted by Crippen LogP contribution is -2.27. The molecule has 3 heterocycles. The van der Waals surface area contributed by atoms with Gasteiger partial charge in [0, 0.05) is 50.4 Å². The Hall–Kier alpha value is -3.92. The van der Waals surface area contributed by atoms with Crippen molar-refractivity contribution in [1.29, 1.82) is 0 Å². The second-order valence-electron chi connectivity index (χ2n) is 8.61. The normalized spacial score (nSPS) is 15.7. The molecule has 0 unspecified atom stereocenters. The summed E-state index contributed by atoms with van der Waals surface area (Å²) in [6.07, 6.45) is 3.84. The zero-order valence-corrected chi connectivity index (χ0v) is 19.3. The first kappa shape index (κ1) is 22.9. The number of rotatable bonds is 6. The number of aryl methyl sites for hydroxylation is 1. The van der Waals surface area contributed by atoms with E-state index in [1.807, 2.05) is 0 Å². The minimum Gasteiger partial charge on any atom is -0.496 e. The highest BCUT2D eigenvalue weighted by Gasteiger charge is 2.27. The van der Waals surface area contributed by atoms with Crippen LogP contribution in [0.4, 0.5) is 14.5 Å². The second kappa shape index (κ2) is 9.03. The van der Waals surface area contributed by atoms with E-state index in [1.165, 1.54) is 37.6 Å². The predicted molar refractivity (Wildman–Crippen MR) is 127 cm³/mol. The maximum Gasteiger partial charge on any atom is 0.185 e. The zero-order valence-electron chi connectivity index (χ0n) is 19.3. The van der Waals surface area contributed by atoms with Crippen LogP contribution in [0.2, 0.25) is 0 Å². The molecule has 0 radical (unpaired) electrons. The summed E-state index contributed by atoms with van der Waals surface area (Å²) in [5.74, 6) is -1.13. The third-order valence-corrected chi connectivity index (χ3v) is 6.17. The van der Waals surface area contributed by atoms with Gasteiger partial charge in [-0.15, -0.1) is 0 Å². The van der Waals surface area contributed by atoms with Crippen LogP contribution < -0.4 is 15.4 Å². The van der Waals surface area contributed by atoms with Gasteiger partial charge in [0.15, 0.2) is 17.4 Å². The molecule has 1 aliphatic heterocycles. The SMILES string of the molecule is COc1cccc(F)c1-c1nccc(C(=O)Cc2cc(F)c3nn(C)cc3c2N2CC[C@@H](N)C2)n1. The summed E-state index contributed by atoms with van der Waals surface area (Å²) in [6, 6.07) is 7.19. The number of halogens is 2. The van der Waals surface area contributed by atoms with E-state index in [-0.39, 0.29) is 46.6 Å². The molecule has 0 bridgehead atoms. The van der Waals surface area contributed by atoms with E-state index in [9.17, 15) is 13.6 Å². The maximum absolute atomic E-state index is 15.0. The van der Waals surface area contributed by atoms with Gasteiger partial charge in [0.1, 0.15) is 22.8 Å². The maximum atomic E-state index is 15.0. The van der Waals surface area contributed by atoms with Crippen molar-refractivity contribution in [3.05, 3.63) is 65.6 Å². The summed E-state index contributed by atoms with van der Waals surface area (Å²) >= 11 is 0. The quantitative estimate of drug-likeness (QED) is 0.425. The van der Waals surface area contributed by atoms with Crippen molar-refractivity contribution in [2.24, 2.45) is 12.8 Å². The van der Waals surface area contributed by atoms with Crippen LogP contribution in [0, 0.1) is 11.6 Å². The molecule has 2 aromatic carbocycles. The molecule has 1 aliphatic rings. The van der Waals surface area contributed by atoms with E-state index in [4.69, 9.17) is 10.5 Å². The van der Waals surface area contributed by atoms with E-state index in [0.717, 1.165) is 12.1 Å². The molecule has 2 aromatic heterocycles. The van der Waals surface area contributed by atoms with Gasteiger partial charge in [-0.2, -0.15) is 5.10 Å². The summed E-state index contributed by atoms with van der Waals surface area (Å²) in [5.41, 5.74) is 7.81. The molecule has 0 aliphatic carbocycles. The number of ether oxygens (including phenoxy) is 1.